The largest absolute Gasteiger partial charge is 0.492 e. The maximum absolute atomic E-state index is 12.4. The van der Waals surface area contributed by atoms with E-state index in [1.807, 2.05) is 6.92 Å². The third-order valence-electron chi connectivity index (χ3n) is 3.52. The molecule has 0 aliphatic carbocycles. The van der Waals surface area contributed by atoms with Crippen LogP contribution in [0.2, 0.25) is 0 Å². The number of aryl methyl sites for hydroxylation is 1. The van der Waals surface area contributed by atoms with Crippen LogP contribution in [0.3, 0.4) is 0 Å². The minimum atomic E-state index is -3.69. The van der Waals surface area contributed by atoms with E-state index in [-0.39, 0.29) is 11.4 Å². The first-order valence-corrected chi connectivity index (χ1v) is 8.65. The molecule has 0 saturated heterocycles. The first-order chi connectivity index (χ1) is 9.94. The van der Waals surface area contributed by atoms with Crippen molar-refractivity contribution < 1.29 is 18.3 Å². The van der Waals surface area contributed by atoms with E-state index in [0.29, 0.717) is 30.9 Å². The molecule has 1 aliphatic heterocycles. The van der Waals surface area contributed by atoms with Gasteiger partial charge in [0, 0.05) is 12.2 Å². The minimum Gasteiger partial charge on any atom is -0.492 e. The molecule has 1 atom stereocenters. The number of sulfonamides is 1. The normalized spacial score (nSPS) is 16.1. The number of nitrogen functional groups attached to an aromatic ring is 1. The number of aliphatic hydroxyl groups is 1. The lowest BCUT2D eigenvalue weighted by Gasteiger charge is -2.21. The van der Waals surface area contributed by atoms with Crippen LogP contribution in [-0.4, -0.2) is 32.8 Å². The van der Waals surface area contributed by atoms with Crippen molar-refractivity contribution in [1.29, 1.82) is 0 Å². The zero-order chi connectivity index (χ0) is 15.5. The summed E-state index contributed by atoms with van der Waals surface area (Å²) in [6.45, 7) is 2.54. The summed E-state index contributed by atoms with van der Waals surface area (Å²) >= 11 is 0. The number of hydrogen-bond acceptors (Lipinski definition) is 5. The Labute approximate surface area is 125 Å². The van der Waals surface area contributed by atoms with Gasteiger partial charge in [0.2, 0.25) is 10.0 Å². The molecule has 21 heavy (non-hydrogen) atoms. The molecule has 0 aromatic heterocycles. The van der Waals surface area contributed by atoms with Crippen LogP contribution < -0.4 is 15.2 Å². The lowest BCUT2D eigenvalue weighted by Crippen LogP contribution is -2.28. The average molecular weight is 314 g/mol. The Hall–Kier alpha value is -1.31. The highest BCUT2D eigenvalue weighted by Gasteiger charge is 2.25. The molecule has 118 valence electrons. The lowest BCUT2D eigenvalue weighted by molar-refractivity contribution is 0.162. The number of hydrogen-bond donors (Lipinski definition) is 3. The molecule has 0 fully saturated rings. The Morgan fingerprint density at radius 3 is 2.95 bits per heavy atom. The molecule has 6 nitrogen and oxygen atoms in total. The summed E-state index contributed by atoms with van der Waals surface area (Å²) in [5, 5.41) is 9.48. The highest BCUT2D eigenvalue weighted by molar-refractivity contribution is 7.89. The number of benzene rings is 1. The molecule has 0 bridgehead atoms. The van der Waals surface area contributed by atoms with Gasteiger partial charge in [-0.3, -0.25) is 0 Å². The van der Waals surface area contributed by atoms with Crippen LogP contribution >= 0.6 is 0 Å². The quantitative estimate of drug-likeness (QED) is 0.681. The summed E-state index contributed by atoms with van der Waals surface area (Å²) in [5.74, 6) is 0.402. The number of nitrogens with two attached hydrogens (primary N) is 1. The topological polar surface area (TPSA) is 102 Å². The SMILES string of the molecule is CCC(O)CCNS(=O)(=O)c1cc(N)cc2c1OCCC2. The van der Waals surface area contributed by atoms with Crippen LogP contribution in [0.25, 0.3) is 0 Å². The van der Waals surface area contributed by atoms with Gasteiger partial charge in [0.1, 0.15) is 10.6 Å². The van der Waals surface area contributed by atoms with Crippen molar-refractivity contribution in [2.24, 2.45) is 0 Å². The third kappa shape index (κ3) is 3.87. The molecule has 2 rings (SSSR count). The van der Waals surface area contributed by atoms with Gasteiger partial charge < -0.3 is 15.6 Å². The number of aliphatic hydroxyl groups excluding tert-OH is 1. The molecule has 4 N–H and O–H groups in total. The fourth-order valence-corrected chi connectivity index (χ4v) is 3.58. The number of rotatable bonds is 6. The van der Waals surface area contributed by atoms with Gasteiger partial charge in [-0.1, -0.05) is 6.92 Å². The molecule has 0 radical (unpaired) electrons. The van der Waals surface area contributed by atoms with E-state index in [1.54, 1.807) is 6.07 Å². The molecule has 1 unspecified atom stereocenters. The van der Waals surface area contributed by atoms with E-state index in [2.05, 4.69) is 4.72 Å². The first kappa shape index (κ1) is 16.1. The number of nitrogens with one attached hydrogen (secondary N) is 1. The van der Waals surface area contributed by atoms with Crippen molar-refractivity contribution >= 4 is 15.7 Å². The Morgan fingerprint density at radius 1 is 1.48 bits per heavy atom. The standard InChI is InChI=1S/C14H22N2O4S/c1-2-12(17)5-6-16-21(18,19)13-9-11(15)8-10-4-3-7-20-14(10)13/h8-9,12,16-17H,2-7,15H2,1H3. The van der Waals surface area contributed by atoms with Crippen LogP contribution in [-0.2, 0) is 16.4 Å². The third-order valence-corrected chi connectivity index (χ3v) is 4.99. The van der Waals surface area contributed by atoms with Gasteiger partial charge in [0.05, 0.1) is 12.7 Å². The fraction of sp³-hybridized carbons (Fsp3) is 0.571. The summed E-state index contributed by atoms with van der Waals surface area (Å²) in [6, 6.07) is 3.18. The van der Waals surface area contributed by atoms with Gasteiger partial charge in [0.15, 0.2) is 0 Å². The van der Waals surface area contributed by atoms with Crippen LogP contribution in [0.15, 0.2) is 17.0 Å². The minimum absolute atomic E-state index is 0.0863. The van der Waals surface area contributed by atoms with Crippen LogP contribution in [0, 0.1) is 0 Å². The number of ether oxygens (including phenoxy) is 1. The maximum Gasteiger partial charge on any atom is 0.244 e. The molecule has 0 spiro atoms. The summed E-state index contributed by atoms with van der Waals surface area (Å²) < 4.78 is 32.8. The van der Waals surface area contributed by atoms with E-state index < -0.39 is 16.1 Å². The van der Waals surface area contributed by atoms with Gasteiger partial charge >= 0.3 is 0 Å². The summed E-state index contributed by atoms with van der Waals surface area (Å²) in [6.07, 6.45) is 2.09. The van der Waals surface area contributed by atoms with E-state index in [9.17, 15) is 13.5 Å². The maximum atomic E-state index is 12.4. The van der Waals surface area contributed by atoms with Crippen LogP contribution in [0.5, 0.6) is 5.75 Å². The molecule has 7 heteroatoms. The van der Waals surface area contributed by atoms with E-state index in [4.69, 9.17) is 10.5 Å². The number of fused-ring (bicyclic) bond motifs is 1. The predicted molar refractivity (Wildman–Crippen MR) is 80.8 cm³/mol. The van der Waals surface area contributed by atoms with E-state index in [0.717, 1.165) is 18.4 Å². The van der Waals surface area contributed by atoms with Crippen molar-refractivity contribution in [1.82, 2.24) is 4.72 Å². The zero-order valence-electron chi connectivity index (χ0n) is 12.1. The summed E-state index contributed by atoms with van der Waals surface area (Å²) in [4.78, 5) is 0.0863. The fourth-order valence-electron chi connectivity index (χ4n) is 2.31. The monoisotopic (exact) mass is 314 g/mol. The second-order valence-corrected chi connectivity index (χ2v) is 6.94. The van der Waals surface area contributed by atoms with Crippen molar-refractivity contribution in [2.75, 3.05) is 18.9 Å². The highest BCUT2D eigenvalue weighted by atomic mass is 32.2. The summed E-state index contributed by atoms with van der Waals surface area (Å²) in [7, 11) is -3.69. The van der Waals surface area contributed by atoms with Gasteiger partial charge in [-0.2, -0.15) is 0 Å². The average Bonchev–Trinajstić information content (AvgIpc) is 2.45. The van der Waals surface area contributed by atoms with Crippen molar-refractivity contribution in [2.45, 2.75) is 43.6 Å². The van der Waals surface area contributed by atoms with Gasteiger partial charge in [0.25, 0.3) is 0 Å². The second kappa shape index (κ2) is 6.64. The molecular formula is C14H22N2O4S. The molecule has 1 aromatic rings. The zero-order valence-corrected chi connectivity index (χ0v) is 12.9. The van der Waals surface area contributed by atoms with Crippen LogP contribution in [0.4, 0.5) is 5.69 Å². The van der Waals surface area contributed by atoms with Gasteiger partial charge in [-0.25, -0.2) is 13.1 Å². The smallest absolute Gasteiger partial charge is 0.244 e. The first-order valence-electron chi connectivity index (χ1n) is 7.17. The molecule has 0 amide bonds. The van der Waals surface area contributed by atoms with Gasteiger partial charge in [-0.05, 0) is 43.4 Å². The predicted octanol–water partition coefficient (Wildman–Crippen LogP) is 1.03. The Morgan fingerprint density at radius 2 is 2.24 bits per heavy atom. The van der Waals surface area contributed by atoms with Gasteiger partial charge in [-0.15, -0.1) is 0 Å². The van der Waals surface area contributed by atoms with E-state index >= 15 is 0 Å². The van der Waals surface area contributed by atoms with Crippen LogP contribution in [0.1, 0.15) is 31.7 Å². The van der Waals surface area contributed by atoms with Crippen molar-refractivity contribution in [3.8, 4) is 5.75 Å². The van der Waals surface area contributed by atoms with E-state index in [1.165, 1.54) is 6.07 Å². The molecular weight excluding hydrogens is 292 g/mol. The second-order valence-electron chi connectivity index (χ2n) is 5.21. The lowest BCUT2D eigenvalue weighted by atomic mass is 10.1. The Balaban J connectivity index is 2.21. The molecule has 1 aromatic carbocycles. The summed E-state index contributed by atoms with van der Waals surface area (Å²) in [5.41, 5.74) is 7.03. The highest BCUT2D eigenvalue weighted by Crippen LogP contribution is 2.34. The number of anilines is 1. The van der Waals surface area contributed by atoms with Crippen molar-refractivity contribution in [3.05, 3.63) is 17.7 Å². The Bertz CT molecular complexity index is 601. The Kier molecular flexibility index (Phi) is 5.08. The molecule has 0 saturated carbocycles. The molecule has 1 heterocycles. The molecule has 1 aliphatic rings. The van der Waals surface area contributed by atoms with Crippen molar-refractivity contribution in [3.63, 3.8) is 0 Å².